The second kappa shape index (κ2) is 17.8. The third-order valence-corrected chi connectivity index (χ3v) is 7.43. The lowest BCUT2D eigenvalue weighted by molar-refractivity contribution is -0.328. The van der Waals surface area contributed by atoms with Crippen LogP contribution in [-0.4, -0.2) is 55.6 Å². The van der Waals surface area contributed by atoms with Gasteiger partial charge in [0, 0.05) is 6.61 Å². The van der Waals surface area contributed by atoms with E-state index in [2.05, 4.69) is 0 Å². The van der Waals surface area contributed by atoms with Crippen LogP contribution in [0, 0.1) is 0 Å². The number of aliphatic hydroxyl groups is 1. The molecule has 1 saturated heterocycles. The second-order valence-corrected chi connectivity index (χ2v) is 10.8. The van der Waals surface area contributed by atoms with Crippen LogP contribution in [-0.2, 0) is 54.8 Å². The molecule has 7 heteroatoms. The molecule has 0 amide bonds. The molecule has 4 aromatic carbocycles. The largest absolute Gasteiger partial charge is 0.396 e. The van der Waals surface area contributed by atoms with Crippen molar-refractivity contribution >= 4 is 0 Å². The number of ether oxygens (including phenoxy) is 6. The van der Waals surface area contributed by atoms with E-state index in [1.54, 1.807) is 0 Å². The van der Waals surface area contributed by atoms with E-state index in [4.69, 9.17) is 28.4 Å². The quantitative estimate of drug-likeness (QED) is 0.148. The summed E-state index contributed by atoms with van der Waals surface area (Å²) in [6.07, 6.45) is -2.45. The number of rotatable bonds is 17. The second-order valence-electron chi connectivity index (χ2n) is 10.8. The molecule has 0 unspecified atom stereocenters. The highest BCUT2D eigenvalue weighted by Gasteiger charge is 2.49. The van der Waals surface area contributed by atoms with Gasteiger partial charge in [0.2, 0.25) is 0 Å². The van der Waals surface area contributed by atoms with Crippen molar-refractivity contribution in [3.05, 3.63) is 144 Å². The monoisotopic (exact) mass is 598 g/mol. The van der Waals surface area contributed by atoms with Crippen LogP contribution in [0.5, 0.6) is 0 Å². The number of aliphatic hydroxyl groups excluding tert-OH is 1. The van der Waals surface area contributed by atoms with Crippen LogP contribution in [0.3, 0.4) is 0 Å². The highest BCUT2D eigenvalue weighted by molar-refractivity contribution is 5.16. The van der Waals surface area contributed by atoms with E-state index in [-0.39, 0.29) is 13.2 Å². The van der Waals surface area contributed by atoms with Gasteiger partial charge in [-0.25, -0.2) is 0 Å². The minimum atomic E-state index is -0.757. The van der Waals surface area contributed by atoms with Crippen molar-refractivity contribution < 1.29 is 33.5 Å². The molecule has 0 aromatic heterocycles. The van der Waals surface area contributed by atoms with Crippen LogP contribution in [0.15, 0.2) is 121 Å². The molecule has 1 fully saturated rings. The molecule has 1 N–H and O–H groups in total. The number of hydrogen-bond donors (Lipinski definition) is 1. The molecule has 0 radical (unpaired) electrons. The summed E-state index contributed by atoms with van der Waals surface area (Å²) >= 11 is 0. The molecule has 44 heavy (non-hydrogen) atoms. The Morgan fingerprint density at radius 2 is 0.932 bits per heavy atom. The van der Waals surface area contributed by atoms with Gasteiger partial charge in [0.05, 0.1) is 39.6 Å². The molecule has 0 saturated carbocycles. The van der Waals surface area contributed by atoms with Crippen molar-refractivity contribution in [1.82, 2.24) is 0 Å². The van der Waals surface area contributed by atoms with E-state index >= 15 is 0 Å². The topological polar surface area (TPSA) is 75.6 Å². The molecular weight excluding hydrogens is 556 g/mol. The average molecular weight is 599 g/mol. The molecule has 7 nitrogen and oxygen atoms in total. The van der Waals surface area contributed by atoms with Gasteiger partial charge in [-0.2, -0.15) is 0 Å². The Morgan fingerprint density at radius 3 is 1.41 bits per heavy atom. The van der Waals surface area contributed by atoms with Crippen LogP contribution < -0.4 is 0 Å². The summed E-state index contributed by atoms with van der Waals surface area (Å²) in [4.78, 5) is 0. The normalized spacial score (nSPS) is 21.7. The smallest absolute Gasteiger partial charge is 0.186 e. The van der Waals surface area contributed by atoms with Gasteiger partial charge in [0.15, 0.2) is 6.29 Å². The van der Waals surface area contributed by atoms with Crippen molar-refractivity contribution in [3.8, 4) is 0 Å². The maximum Gasteiger partial charge on any atom is 0.186 e. The van der Waals surface area contributed by atoms with Crippen LogP contribution in [0.2, 0.25) is 0 Å². The maximum absolute atomic E-state index is 9.46. The first-order valence-electron chi connectivity index (χ1n) is 15.3. The summed E-state index contributed by atoms with van der Waals surface area (Å²) in [5, 5.41) is 9.46. The predicted molar refractivity (Wildman–Crippen MR) is 167 cm³/mol. The summed E-state index contributed by atoms with van der Waals surface area (Å²) < 4.78 is 38.9. The Balaban J connectivity index is 1.41. The zero-order chi connectivity index (χ0) is 30.2. The van der Waals surface area contributed by atoms with Gasteiger partial charge in [0.25, 0.3) is 0 Å². The zero-order valence-corrected chi connectivity index (χ0v) is 25.0. The van der Waals surface area contributed by atoms with E-state index in [1.807, 2.05) is 121 Å². The lowest BCUT2D eigenvalue weighted by Gasteiger charge is -2.46. The van der Waals surface area contributed by atoms with E-state index in [1.165, 1.54) is 0 Å². The number of benzene rings is 4. The van der Waals surface area contributed by atoms with Gasteiger partial charge >= 0.3 is 0 Å². The zero-order valence-electron chi connectivity index (χ0n) is 25.0. The van der Waals surface area contributed by atoms with Gasteiger partial charge in [-0.1, -0.05) is 121 Å². The van der Waals surface area contributed by atoms with E-state index < -0.39 is 30.7 Å². The van der Waals surface area contributed by atoms with Gasteiger partial charge in [-0.3, -0.25) is 0 Å². The van der Waals surface area contributed by atoms with Crippen molar-refractivity contribution in [2.45, 2.75) is 63.6 Å². The summed E-state index contributed by atoms with van der Waals surface area (Å²) in [5.41, 5.74) is 4.18. The lowest BCUT2D eigenvalue weighted by atomic mass is 9.97. The van der Waals surface area contributed by atoms with Crippen LogP contribution >= 0.6 is 0 Å². The third-order valence-electron chi connectivity index (χ3n) is 7.43. The minimum Gasteiger partial charge on any atom is -0.396 e. The number of hydrogen-bond acceptors (Lipinski definition) is 7. The molecule has 232 valence electrons. The minimum absolute atomic E-state index is 0.0165. The average Bonchev–Trinajstić information content (AvgIpc) is 3.08. The fraction of sp³-hybridized carbons (Fsp3) is 0.351. The summed E-state index contributed by atoms with van der Waals surface area (Å²) in [6, 6.07) is 40.1. The maximum atomic E-state index is 9.46. The molecule has 1 aliphatic heterocycles. The Kier molecular flexibility index (Phi) is 12.9. The van der Waals surface area contributed by atoms with Crippen molar-refractivity contribution in [3.63, 3.8) is 0 Å². The first kappa shape index (κ1) is 32.0. The summed E-state index contributed by atoms with van der Waals surface area (Å²) in [7, 11) is 0. The van der Waals surface area contributed by atoms with Crippen molar-refractivity contribution in [1.29, 1.82) is 0 Å². The van der Waals surface area contributed by atoms with Gasteiger partial charge in [0.1, 0.15) is 24.4 Å². The predicted octanol–water partition coefficient (Wildman–Crippen LogP) is 6.08. The third kappa shape index (κ3) is 9.81. The van der Waals surface area contributed by atoms with E-state index in [0.717, 1.165) is 22.3 Å². The molecule has 0 bridgehead atoms. The molecule has 0 spiro atoms. The Bertz CT molecular complexity index is 1310. The molecular formula is C37H42O7. The van der Waals surface area contributed by atoms with Crippen LogP contribution in [0.25, 0.3) is 0 Å². The van der Waals surface area contributed by atoms with Gasteiger partial charge in [-0.05, 0) is 28.7 Å². The Morgan fingerprint density at radius 1 is 0.500 bits per heavy atom. The Hall–Kier alpha value is -3.40. The summed E-state index contributed by atoms with van der Waals surface area (Å²) in [5.74, 6) is 0. The SMILES string of the molecule is OCCCO[C@H]1O[C@H](COCc2ccccc2)[C@@H](OCc2ccccc2)[C@H](OCc2ccccc2)[C@@H]1OCc1ccccc1. The molecule has 5 atom stereocenters. The van der Waals surface area contributed by atoms with Crippen LogP contribution in [0.4, 0.5) is 0 Å². The summed E-state index contributed by atoms with van der Waals surface area (Å²) in [6.45, 7) is 2.12. The fourth-order valence-corrected chi connectivity index (χ4v) is 5.15. The molecule has 4 aromatic rings. The van der Waals surface area contributed by atoms with Crippen molar-refractivity contribution in [2.24, 2.45) is 0 Å². The molecule has 1 aliphatic rings. The van der Waals surface area contributed by atoms with Crippen molar-refractivity contribution in [2.75, 3.05) is 19.8 Å². The van der Waals surface area contributed by atoms with Gasteiger partial charge < -0.3 is 33.5 Å². The van der Waals surface area contributed by atoms with E-state index in [9.17, 15) is 5.11 Å². The van der Waals surface area contributed by atoms with E-state index in [0.29, 0.717) is 39.5 Å². The fourth-order valence-electron chi connectivity index (χ4n) is 5.15. The highest BCUT2D eigenvalue weighted by atomic mass is 16.7. The highest BCUT2D eigenvalue weighted by Crippen LogP contribution is 2.31. The standard InChI is InChI=1S/C37H42O7/c38-22-13-23-40-37-36(43-27-32-20-11-4-12-21-32)35(42-26-31-18-9-3-10-19-31)34(41-25-30-16-7-2-8-17-30)33(44-37)28-39-24-29-14-5-1-6-15-29/h1-12,14-21,33-38H,13,22-28H2/t33-,34-,35+,36+,37+/m1/s1. The Labute approximate surface area is 260 Å². The van der Waals surface area contributed by atoms with Crippen LogP contribution in [0.1, 0.15) is 28.7 Å². The lowest BCUT2D eigenvalue weighted by Crippen LogP contribution is -2.61. The first-order valence-corrected chi connectivity index (χ1v) is 15.3. The molecule has 5 rings (SSSR count). The molecule has 0 aliphatic carbocycles. The first-order chi connectivity index (χ1) is 21.8. The molecule has 1 heterocycles. The van der Waals surface area contributed by atoms with Gasteiger partial charge in [-0.15, -0.1) is 0 Å².